The van der Waals surface area contributed by atoms with Crippen LogP contribution in [0.3, 0.4) is 0 Å². The molecule has 2 aromatic carbocycles. The SMILES string of the molecule is COc1cc(C(=O)c2ccc3ccccc3n2)ccc1OC1CCOCC1. The van der Waals surface area contributed by atoms with Gasteiger partial charge in [0.2, 0.25) is 5.78 Å². The molecular formula is C22H21NO4. The molecule has 5 nitrogen and oxygen atoms in total. The van der Waals surface area contributed by atoms with E-state index in [0.29, 0.717) is 36.0 Å². The minimum absolute atomic E-state index is 0.108. The largest absolute Gasteiger partial charge is 0.493 e. The van der Waals surface area contributed by atoms with Crippen molar-refractivity contribution in [3.8, 4) is 11.5 Å². The van der Waals surface area contributed by atoms with Crippen LogP contribution in [-0.4, -0.2) is 37.2 Å². The summed E-state index contributed by atoms with van der Waals surface area (Å²) >= 11 is 0. The molecule has 0 atom stereocenters. The molecule has 0 unspecified atom stereocenters. The first-order valence-electron chi connectivity index (χ1n) is 9.07. The van der Waals surface area contributed by atoms with E-state index in [1.165, 1.54) is 0 Å². The van der Waals surface area contributed by atoms with E-state index in [9.17, 15) is 4.79 Å². The molecule has 27 heavy (non-hydrogen) atoms. The van der Waals surface area contributed by atoms with Crippen LogP contribution < -0.4 is 9.47 Å². The maximum atomic E-state index is 12.9. The topological polar surface area (TPSA) is 57.7 Å². The third-order valence-electron chi connectivity index (χ3n) is 4.72. The predicted octanol–water partition coefficient (Wildman–Crippen LogP) is 4.03. The highest BCUT2D eigenvalue weighted by Gasteiger charge is 2.19. The number of para-hydroxylation sites is 1. The van der Waals surface area contributed by atoms with Crippen molar-refractivity contribution in [2.24, 2.45) is 0 Å². The van der Waals surface area contributed by atoms with Gasteiger partial charge in [-0.1, -0.05) is 24.3 Å². The Bertz CT molecular complexity index is 963. The van der Waals surface area contributed by atoms with Crippen LogP contribution in [0.4, 0.5) is 0 Å². The lowest BCUT2D eigenvalue weighted by molar-refractivity contribution is 0.0245. The number of aromatic nitrogens is 1. The fraction of sp³-hybridized carbons (Fsp3) is 0.273. The van der Waals surface area contributed by atoms with Gasteiger partial charge in [0.25, 0.3) is 0 Å². The van der Waals surface area contributed by atoms with Gasteiger partial charge in [0.15, 0.2) is 11.5 Å². The van der Waals surface area contributed by atoms with Gasteiger partial charge in [0, 0.05) is 23.8 Å². The molecule has 0 saturated carbocycles. The molecule has 1 saturated heterocycles. The van der Waals surface area contributed by atoms with Gasteiger partial charge < -0.3 is 14.2 Å². The third kappa shape index (κ3) is 3.78. The minimum atomic E-state index is -0.142. The van der Waals surface area contributed by atoms with Gasteiger partial charge in [-0.2, -0.15) is 0 Å². The molecule has 3 aromatic rings. The highest BCUT2D eigenvalue weighted by Crippen LogP contribution is 2.31. The molecule has 0 N–H and O–H groups in total. The van der Waals surface area contributed by atoms with E-state index < -0.39 is 0 Å². The maximum Gasteiger partial charge on any atom is 0.211 e. The Labute approximate surface area is 157 Å². The van der Waals surface area contributed by atoms with Gasteiger partial charge in [-0.15, -0.1) is 0 Å². The molecule has 0 radical (unpaired) electrons. The van der Waals surface area contributed by atoms with Crippen LogP contribution in [-0.2, 0) is 4.74 Å². The number of carbonyl (C=O) groups is 1. The van der Waals surface area contributed by atoms with Crippen molar-refractivity contribution in [2.75, 3.05) is 20.3 Å². The normalized spacial score (nSPS) is 14.9. The van der Waals surface area contributed by atoms with Crippen molar-refractivity contribution in [3.63, 3.8) is 0 Å². The second-order valence-corrected chi connectivity index (χ2v) is 6.51. The fourth-order valence-electron chi connectivity index (χ4n) is 3.22. The number of benzene rings is 2. The Balaban J connectivity index is 1.59. The van der Waals surface area contributed by atoms with Gasteiger partial charge in [-0.25, -0.2) is 4.98 Å². The Kier molecular flexibility index (Phi) is 5.03. The van der Waals surface area contributed by atoms with Crippen LogP contribution in [0.2, 0.25) is 0 Å². The average molecular weight is 363 g/mol. The summed E-state index contributed by atoms with van der Waals surface area (Å²) < 4.78 is 16.9. The van der Waals surface area contributed by atoms with E-state index in [-0.39, 0.29) is 11.9 Å². The van der Waals surface area contributed by atoms with E-state index in [0.717, 1.165) is 23.7 Å². The molecule has 1 aliphatic heterocycles. The third-order valence-corrected chi connectivity index (χ3v) is 4.72. The molecule has 4 rings (SSSR count). The van der Waals surface area contributed by atoms with Crippen LogP contribution in [0.15, 0.2) is 54.6 Å². The first-order chi connectivity index (χ1) is 13.2. The molecule has 5 heteroatoms. The average Bonchev–Trinajstić information content (AvgIpc) is 2.74. The minimum Gasteiger partial charge on any atom is -0.493 e. The van der Waals surface area contributed by atoms with Gasteiger partial charge in [0.05, 0.1) is 25.8 Å². The first kappa shape index (κ1) is 17.5. The van der Waals surface area contributed by atoms with Crippen molar-refractivity contribution in [3.05, 3.63) is 65.9 Å². The lowest BCUT2D eigenvalue weighted by Crippen LogP contribution is -2.26. The fourth-order valence-corrected chi connectivity index (χ4v) is 3.22. The van der Waals surface area contributed by atoms with Crippen LogP contribution in [0.25, 0.3) is 10.9 Å². The van der Waals surface area contributed by atoms with Crippen LogP contribution in [0.1, 0.15) is 28.9 Å². The number of fused-ring (bicyclic) bond motifs is 1. The van der Waals surface area contributed by atoms with E-state index in [1.54, 1.807) is 31.4 Å². The molecule has 1 aromatic heterocycles. The van der Waals surface area contributed by atoms with Gasteiger partial charge in [-0.05, 0) is 30.3 Å². The van der Waals surface area contributed by atoms with Crippen molar-refractivity contribution in [2.45, 2.75) is 18.9 Å². The van der Waals surface area contributed by atoms with Crippen LogP contribution in [0, 0.1) is 0 Å². The molecule has 138 valence electrons. The van der Waals surface area contributed by atoms with Crippen LogP contribution in [0.5, 0.6) is 11.5 Å². The number of rotatable bonds is 5. The Hall–Kier alpha value is -2.92. The molecule has 0 spiro atoms. The number of nitrogens with zero attached hydrogens (tertiary/aromatic N) is 1. The summed E-state index contributed by atoms with van der Waals surface area (Å²) in [6.07, 6.45) is 1.81. The summed E-state index contributed by atoms with van der Waals surface area (Å²) in [5.41, 5.74) is 1.73. The van der Waals surface area contributed by atoms with Gasteiger partial charge in [-0.3, -0.25) is 4.79 Å². The summed E-state index contributed by atoms with van der Waals surface area (Å²) in [5, 5.41) is 1.01. The Morgan fingerprint density at radius 3 is 2.67 bits per heavy atom. The lowest BCUT2D eigenvalue weighted by Gasteiger charge is -2.24. The maximum absolute atomic E-state index is 12.9. The standard InChI is InChI=1S/C22H21NO4/c1-25-21-14-16(7-9-20(21)27-17-10-12-26-13-11-17)22(24)19-8-6-15-4-2-3-5-18(15)23-19/h2-9,14,17H,10-13H2,1H3. The highest BCUT2D eigenvalue weighted by atomic mass is 16.5. The Morgan fingerprint density at radius 2 is 1.85 bits per heavy atom. The smallest absolute Gasteiger partial charge is 0.211 e. The van der Waals surface area contributed by atoms with E-state index >= 15 is 0 Å². The van der Waals surface area contributed by atoms with Crippen molar-refractivity contribution in [1.82, 2.24) is 4.98 Å². The summed E-state index contributed by atoms with van der Waals surface area (Å²) in [4.78, 5) is 17.4. The van der Waals surface area contributed by atoms with Crippen molar-refractivity contribution in [1.29, 1.82) is 0 Å². The lowest BCUT2D eigenvalue weighted by atomic mass is 10.1. The molecule has 1 aliphatic rings. The Morgan fingerprint density at radius 1 is 1.04 bits per heavy atom. The molecule has 2 heterocycles. The molecule has 0 aliphatic carbocycles. The van der Waals surface area contributed by atoms with E-state index in [2.05, 4.69) is 4.98 Å². The zero-order valence-corrected chi connectivity index (χ0v) is 15.2. The van der Waals surface area contributed by atoms with Crippen molar-refractivity contribution >= 4 is 16.7 Å². The molecular weight excluding hydrogens is 342 g/mol. The molecule has 0 bridgehead atoms. The first-order valence-corrected chi connectivity index (χ1v) is 9.07. The quantitative estimate of drug-likeness (QED) is 0.641. The van der Waals surface area contributed by atoms with E-state index in [1.807, 2.05) is 30.3 Å². The van der Waals surface area contributed by atoms with E-state index in [4.69, 9.17) is 14.2 Å². The summed E-state index contributed by atoms with van der Waals surface area (Å²) in [6, 6.07) is 16.7. The van der Waals surface area contributed by atoms with Crippen molar-refractivity contribution < 1.29 is 19.0 Å². The molecule has 1 fully saturated rings. The number of ketones is 1. The highest BCUT2D eigenvalue weighted by molar-refractivity contribution is 6.08. The number of ether oxygens (including phenoxy) is 3. The summed E-state index contributed by atoms with van der Waals surface area (Å²) in [6.45, 7) is 1.41. The number of hydrogen-bond acceptors (Lipinski definition) is 5. The summed E-state index contributed by atoms with van der Waals surface area (Å²) in [5.74, 6) is 1.05. The zero-order chi connectivity index (χ0) is 18.6. The zero-order valence-electron chi connectivity index (χ0n) is 15.2. The predicted molar refractivity (Wildman–Crippen MR) is 103 cm³/mol. The number of methoxy groups -OCH3 is 1. The number of hydrogen-bond donors (Lipinski definition) is 0. The monoisotopic (exact) mass is 363 g/mol. The number of pyridine rings is 1. The second kappa shape index (κ2) is 7.76. The van der Waals surface area contributed by atoms with Gasteiger partial charge in [0.1, 0.15) is 11.8 Å². The second-order valence-electron chi connectivity index (χ2n) is 6.51. The van der Waals surface area contributed by atoms with Gasteiger partial charge >= 0.3 is 0 Å². The summed E-state index contributed by atoms with van der Waals surface area (Å²) in [7, 11) is 1.58. The molecule has 0 amide bonds. The van der Waals surface area contributed by atoms with Crippen LogP contribution >= 0.6 is 0 Å². The number of carbonyl (C=O) groups excluding carboxylic acids is 1.